The summed E-state index contributed by atoms with van der Waals surface area (Å²) >= 11 is 3.07. The highest BCUT2D eigenvalue weighted by atomic mass is 32.2. The van der Waals surface area contributed by atoms with Gasteiger partial charge in [0.1, 0.15) is 5.01 Å². The normalized spacial score (nSPS) is 10.6. The van der Waals surface area contributed by atoms with Crippen LogP contribution < -0.4 is 0 Å². The van der Waals surface area contributed by atoms with Crippen LogP contribution in [-0.4, -0.2) is 22.3 Å². The SMILES string of the molecule is CSc1ccc(C)cc1-c1csc(CC(=O)O)n1. The van der Waals surface area contributed by atoms with Crippen molar-refractivity contribution in [1.29, 1.82) is 0 Å². The molecule has 0 saturated heterocycles. The Morgan fingerprint density at radius 3 is 2.94 bits per heavy atom. The summed E-state index contributed by atoms with van der Waals surface area (Å²) in [5.41, 5.74) is 3.12. The summed E-state index contributed by atoms with van der Waals surface area (Å²) in [6, 6.07) is 6.23. The molecule has 0 saturated carbocycles. The summed E-state index contributed by atoms with van der Waals surface area (Å²) in [5, 5.41) is 11.3. The molecule has 94 valence electrons. The van der Waals surface area contributed by atoms with Crippen molar-refractivity contribution in [2.45, 2.75) is 18.2 Å². The molecule has 1 aromatic carbocycles. The summed E-state index contributed by atoms with van der Waals surface area (Å²) in [5.74, 6) is -0.842. The van der Waals surface area contributed by atoms with Gasteiger partial charge in [0.2, 0.25) is 0 Å². The van der Waals surface area contributed by atoms with Crippen molar-refractivity contribution >= 4 is 29.1 Å². The molecule has 0 aliphatic rings. The van der Waals surface area contributed by atoms with Gasteiger partial charge in [-0.1, -0.05) is 11.6 Å². The Morgan fingerprint density at radius 2 is 2.28 bits per heavy atom. The number of aliphatic carboxylic acids is 1. The fourth-order valence-electron chi connectivity index (χ4n) is 1.67. The van der Waals surface area contributed by atoms with Crippen LogP contribution in [0.15, 0.2) is 28.5 Å². The lowest BCUT2D eigenvalue weighted by atomic mass is 10.1. The first kappa shape index (κ1) is 13.1. The molecular formula is C13H13NO2S2. The van der Waals surface area contributed by atoms with Crippen LogP contribution in [0.2, 0.25) is 0 Å². The van der Waals surface area contributed by atoms with Crippen molar-refractivity contribution in [1.82, 2.24) is 4.98 Å². The minimum Gasteiger partial charge on any atom is -0.481 e. The van der Waals surface area contributed by atoms with Crippen LogP contribution in [0, 0.1) is 6.92 Å². The first-order valence-electron chi connectivity index (χ1n) is 5.41. The molecule has 0 fully saturated rings. The molecule has 0 amide bonds. The Hall–Kier alpha value is -1.33. The standard InChI is InChI=1S/C13H13NO2S2/c1-8-3-4-11(17-2)9(5-8)10-7-18-12(14-10)6-13(15)16/h3-5,7H,6H2,1-2H3,(H,15,16). The molecule has 3 nitrogen and oxygen atoms in total. The molecule has 5 heteroatoms. The number of carboxylic acids is 1. The van der Waals surface area contributed by atoms with Crippen LogP contribution in [0.25, 0.3) is 11.3 Å². The molecule has 1 aromatic heterocycles. The number of benzene rings is 1. The van der Waals surface area contributed by atoms with Crippen LogP contribution >= 0.6 is 23.1 Å². The number of aryl methyl sites for hydroxylation is 1. The molecule has 0 radical (unpaired) electrons. The van der Waals surface area contributed by atoms with Crippen LogP contribution in [0.4, 0.5) is 0 Å². The molecule has 18 heavy (non-hydrogen) atoms. The zero-order valence-corrected chi connectivity index (χ0v) is 11.8. The molecule has 0 aliphatic carbocycles. The average Bonchev–Trinajstić information content (AvgIpc) is 2.76. The molecule has 0 atom stereocenters. The van der Waals surface area contributed by atoms with Gasteiger partial charge >= 0.3 is 5.97 Å². The average molecular weight is 279 g/mol. The Kier molecular flexibility index (Phi) is 4.04. The maximum Gasteiger partial charge on any atom is 0.310 e. The van der Waals surface area contributed by atoms with E-state index in [0.717, 1.165) is 16.2 Å². The highest BCUT2D eigenvalue weighted by Crippen LogP contribution is 2.31. The van der Waals surface area contributed by atoms with E-state index in [0.29, 0.717) is 5.01 Å². The maximum absolute atomic E-state index is 10.7. The molecule has 1 N–H and O–H groups in total. The van der Waals surface area contributed by atoms with Crippen molar-refractivity contribution in [3.63, 3.8) is 0 Å². The van der Waals surface area contributed by atoms with Crippen LogP contribution in [-0.2, 0) is 11.2 Å². The van der Waals surface area contributed by atoms with Gasteiger partial charge in [-0.3, -0.25) is 4.79 Å². The molecule has 0 bridgehead atoms. The van der Waals surface area contributed by atoms with E-state index in [1.807, 2.05) is 18.6 Å². The van der Waals surface area contributed by atoms with Gasteiger partial charge < -0.3 is 5.11 Å². The Labute approximate surface area is 114 Å². The van der Waals surface area contributed by atoms with Gasteiger partial charge in [0.05, 0.1) is 12.1 Å². The van der Waals surface area contributed by atoms with Gasteiger partial charge in [-0.15, -0.1) is 23.1 Å². The number of hydrogen-bond donors (Lipinski definition) is 1. The van der Waals surface area contributed by atoms with Gasteiger partial charge in [-0.25, -0.2) is 4.98 Å². The molecule has 0 spiro atoms. The second kappa shape index (κ2) is 5.54. The van der Waals surface area contributed by atoms with E-state index >= 15 is 0 Å². The first-order valence-corrected chi connectivity index (χ1v) is 7.52. The zero-order chi connectivity index (χ0) is 13.1. The lowest BCUT2D eigenvalue weighted by molar-refractivity contribution is -0.136. The molecule has 0 unspecified atom stereocenters. The van der Waals surface area contributed by atoms with Gasteiger partial charge in [-0.2, -0.15) is 0 Å². The minimum absolute atomic E-state index is 0.00885. The largest absolute Gasteiger partial charge is 0.481 e. The Bertz CT molecular complexity index is 578. The predicted molar refractivity (Wildman–Crippen MR) is 75.4 cm³/mol. The molecular weight excluding hydrogens is 266 g/mol. The summed E-state index contributed by atoms with van der Waals surface area (Å²) in [7, 11) is 0. The quantitative estimate of drug-likeness (QED) is 0.871. The lowest BCUT2D eigenvalue weighted by Crippen LogP contribution is -1.99. The van der Waals surface area contributed by atoms with Gasteiger partial charge in [0.25, 0.3) is 0 Å². The third kappa shape index (κ3) is 2.91. The van der Waals surface area contributed by atoms with Crippen molar-refractivity contribution in [3.8, 4) is 11.3 Å². The van der Waals surface area contributed by atoms with E-state index in [1.165, 1.54) is 16.9 Å². The monoisotopic (exact) mass is 279 g/mol. The van der Waals surface area contributed by atoms with E-state index in [9.17, 15) is 4.79 Å². The first-order chi connectivity index (χ1) is 8.60. The van der Waals surface area contributed by atoms with Crippen molar-refractivity contribution in [2.75, 3.05) is 6.26 Å². The van der Waals surface area contributed by atoms with Gasteiger partial charge in [-0.05, 0) is 25.3 Å². The number of aromatic nitrogens is 1. The van der Waals surface area contributed by atoms with E-state index in [2.05, 4.69) is 23.2 Å². The summed E-state index contributed by atoms with van der Waals surface area (Å²) in [4.78, 5) is 16.2. The summed E-state index contributed by atoms with van der Waals surface area (Å²) < 4.78 is 0. The van der Waals surface area contributed by atoms with E-state index in [4.69, 9.17) is 5.11 Å². The molecule has 0 aliphatic heterocycles. The van der Waals surface area contributed by atoms with E-state index in [1.54, 1.807) is 11.8 Å². The zero-order valence-electron chi connectivity index (χ0n) is 10.1. The second-order valence-electron chi connectivity index (χ2n) is 3.90. The second-order valence-corrected chi connectivity index (χ2v) is 5.69. The van der Waals surface area contributed by atoms with Crippen LogP contribution in [0.3, 0.4) is 0 Å². The third-order valence-electron chi connectivity index (χ3n) is 2.49. The smallest absolute Gasteiger partial charge is 0.310 e. The predicted octanol–water partition coefficient (Wildman–Crippen LogP) is 3.47. The number of carbonyl (C=O) groups is 1. The Morgan fingerprint density at radius 1 is 1.50 bits per heavy atom. The topological polar surface area (TPSA) is 50.2 Å². The van der Waals surface area contributed by atoms with E-state index < -0.39 is 5.97 Å². The van der Waals surface area contributed by atoms with Gasteiger partial charge in [0, 0.05) is 15.8 Å². The molecule has 2 aromatic rings. The number of rotatable bonds is 4. The highest BCUT2D eigenvalue weighted by Gasteiger charge is 2.11. The van der Waals surface area contributed by atoms with Crippen molar-refractivity contribution in [3.05, 3.63) is 34.2 Å². The van der Waals surface area contributed by atoms with Crippen molar-refractivity contribution < 1.29 is 9.90 Å². The number of thiazole rings is 1. The molecule has 1 heterocycles. The fraction of sp³-hybridized carbons (Fsp3) is 0.231. The number of thioether (sulfide) groups is 1. The number of carboxylic acid groups (broad SMARTS) is 1. The van der Waals surface area contributed by atoms with E-state index in [-0.39, 0.29) is 6.42 Å². The number of hydrogen-bond acceptors (Lipinski definition) is 4. The lowest BCUT2D eigenvalue weighted by Gasteiger charge is -2.05. The fourth-order valence-corrected chi connectivity index (χ4v) is 3.04. The van der Waals surface area contributed by atoms with Crippen molar-refractivity contribution in [2.24, 2.45) is 0 Å². The minimum atomic E-state index is -0.842. The summed E-state index contributed by atoms with van der Waals surface area (Å²) in [6.45, 7) is 2.04. The highest BCUT2D eigenvalue weighted by molar-refractivity contribution is 7.98. The van der Waals surface area contributed by atoms with Crippen LogP contribution in [0.5, 0.6) is 0 Å². The molecule has 2 rings (SSSR count). The van der Waals surface area contributed by atoms with Gasteiger partial charge in [0.15, 0.2) is 0 Å². The number of nitrogens with zero attached hydrogens (tertiary/aromatic N) is 1. The Balaban J connectivity index is 2.38. The summed E-state index contributed by atoms with van der Waals surface area (Å²) in [6.07, 6.45) is 2.02. The maximum atomic E-state index is 10.7. The third-order valence-corrected chi connectivity index (χ3v) is 4.13. The van der Waals surface area contributed by atoms with Crippen LogP contribution in [0.1, 0.15) is 10.6 Å².